The van der Waals surface area contributed by atoms with E-state index in [0.717, 1.165) is 54.7 Å². The number of allylic oxidation sites excluding steroid dienone is 1. The fourth-order valence-corrected chi connectivity index (χ4v) is 8.51. The highest BCUT2D eigenvalue weighted by Crippen LogP contribution is 2.48. The first-order chi connectivity index (χ1) is 22.1. The first kappa shape index (κ1) is 35.4. The maximum absolute atomic E-state index is 15.3. The van der Waals surface area contributed by atoms with Gasteiger partial charge >= 0.3 is 5.97 Å². The molecule has 0 atom stereocenters. The van der Waals surface area contributed by atoms with Gasteiger partial charge in [-0.25, -0.2) is 13.2 Å². The van der Waals surface area contributed by atoms with Crippen molar-refractivity contribution in [1.29, 1.82) is 0 Å². The van der Waals surface area contributed by atoms with Crippen LogP contribution in [0.5, 0.6) is 11.5 Å². The number of fused-ring (bicyclic) bond motifs is 1. The number of thioether (sulfide) groups is 1. The molecule has 0 amide bonds. The van der Waals surface area contributed by atoms with Gasteiger partial charge in [0.15, 0.2) is 0 Å². The molecule has 3 aromatic rings. The standard InChI is InChI=1S/C36H46N2O6S2/c1-7-9-20-36(21-10-8-2)26-37(29-14-12-11-13-15-29)31-23-33(45-6)32(44-27(3)22-35(39)43-5)24-34(31)46(40,41)38(36)25-28-16-18-30(42-4)19-17-28/h11-19,22-24H,7-10,20-21,25-26H2,1-6H3/b27-22+. The van der Waals surface area contributed by atoms with E-state index in [9.17, 15) is 4.79 Å². The Kier molecular flexibility index (Phi) is 12.2. The Morgan fingerprint density at radius 2 is 1.63 bits per heavy atom. The van der Waals surface area contributed by atoms with Crippen LogP contribution < -0.4 is 14.4 Å². The maximum atomic E-state index is 15.3. The number of carbonyl (C=O) groups is 1. The zero-order valence-electron chi connectivity index (χ0n) is 27.7. The van der Waals surface area contributed by atoms with Gasteiger partial charge in [0.25, 0.3) is 0 Å². The van der Waals surface area contributed by atoms with Crippen LogP contribution in [0, 0.1) is 0 Å². The fraction of sp³-hybridized carbons (Fsp3) is 0.417. The van der Waals surface area contributed by atoms with Crippen molar-refractivity contribution in [2.24, 2.45) is 0 Å². The lowest BCUT2D eigenvalue weighted by molar-refractivity contribution is -0.135. The number of benzene rings is 3. The summed E-state index contributed by atoms with van der Waals surface area (Å²) in [5.41, 5.74) is 1.71. The Morgan fingerprint density at radius 1 is 0.978 bits per heavy atom. The zero-order valence-corrected chi connectivity index (χ0v) is 29.4. The molecule has 1 aliphatic heterocycles. The SMILES string of the molecule is CCCCC1(CCCC)CN(c2ccccc2)c2cc(SC)c(O/C(C)=C/C(=O)OC)cc2S(=O)(=O)N1Cc1ccc(OC)cc1. The number of esters is 1. The van der Waals surface area contributed by atoms with E-state index >= 15 is 8.42 Å². The van der Waals surface area contributed by atoms with E-state index in [1.807, 2.05) is 66.9 Å². The van der Waals surface area contributed by atoms with Crippen LogP contribution in [-0.4, -0.2) is 51.3 Å². The molecule has 0 unspecified atom stereocenters. The minimum atomic E-state index is -4.09. The van der Waals surface area contributed by atoms with Crippen molar-refractivity contribution in [3.05, 3.63) is 84.1 Å². The Bertz CT molecular complexity index is 1600. The summed E-state index contributed by atoms with van der Waals surface area (Å²) in [6.45, 7) is 6.65. The van der Waals surface area contributed by atoms with E-state index in [1.165, 1.54) is 24.9 Å². The van der Waals surface area contributed by atoms with Crippen LogP contribution in [0.4, 0.5) is 11.4 Å². The predicted octanol–water partition coefficient (Wildman–Crippen LogP) is 8.33. The maximum Gasteiger partial charge on any atom is 0.333 e. The van der Waals surface area contributed by atoms with Gasteiger partial charge < -0.3 is 19.1 Å². The summed E-state index contributed by atoms with van der Waals surface area (Å²) in [5.74, 6) is 0.819. The number of hydrogen-bond donors (Lipinski definition) is 0. The lowest BCUT2D eigenvalue weighted by atomic mass is 9.85. The summed E-state index contributed by atoms with van der Waals surface area (Å²) in [6, 6.07) is 21.2. The number of anilines is 2. The Hall–Kier alpha value is -3.47. The van der Waals surface area contributed by atoms with Crippen LogP contribution in [0.3, 0.4) is 0 Å². The van der Waals surface area contributed by atoms with Crippen LogP contribution in [0.1, 0.15) is 64.9 Å². The largest absolute Gasteiger partial charge is 0.497 e. The molecule has 248 valence electrons. The van der Waals surface area contributed by atoms with Gasteiger partial charge in [-0.05, 0) is 61.9 Å². The third kappa shape index (κ3) is 7.90. The quantitative estimate of drug-likeness (QED) is 0.0735. The number of rotatable bonds is 14. The van der Waals surface area contributed by atoms with Crippen molar-refractivity contribution < 1.29 is 27.4 Å². The molecule has 0 spiro atoms. The molecule has 0 aliphatic carbocycles. The van der Waals surface area contributed by atoms with Gasteiger partial charge in [-0.15, -0.1) is 11.8 Å². The molecule has 10 heteroatoms. The van der Waals surface area contributed by atoms with Gasteiger partial charge in [-0.1, -0.05) is 69.9 Å². The highest BCUT2D eigenvalue weighted by Gasteiger charge is 2.49. The first-order valence-electron chi connectivity index (χ1n) is 15.8. The second kappa shape index (κ2) is 15.9. The summed E-state index contributed by atoms with van der Waals surface area (Å²) < 4.78 is 48.6. The lowest BCUT2D eigenvalue weighted by Gasteiger charge is -2.44. The average molecular weight is 667 g/mol. The smallest absolute Gasteiger partial charge is 0.333 e. The van der Waals surface area contributed by atoms with Gasteiger partial charge in [-0.2, -0.15) is 4.31 Å². The fourth-order valence-electron chi connectivity index (χ4n) is 5.98. The Morgan fingerprint density at radius 3 is 2.20 bits per heavy atom. The molecule has 3 aromatic carbocycles. The van der Waals surface area contributed by atoms with Crippen molar-refractivity contribution in [3.8, 4) is 11.5 Å². The van der Waals surface area contributed by atoms with Crippen molar-refractivity contribution in [3.63, 3.8) is 0 Å². The summed E-state index contributed by atoms with van der Waals surface area (Å²) >= 11 is 1.46. The monoisotopic (exact) mass is 666 g/mol. The van der Waals surface area contributed by atoms with Gasteiger partial charge in [0.2, 0.25) is 10.0 Å². The number of ether oxygens (including phenoxy) is 3. The third-order valence-corrected chi connectivity index (χ3v) is 11.2. The zero-order chi connectivity index (χ0) is 33.3. The number of sulfonamides is 1. The molecule has 0 fully saturated rings. The molecule has 0 aromatic heterocycles. The van der Waals surface area contributed by atoms with Gasteiger partial charge in [0.1, 0.15) is 22.2 Å². The minimum Gasteiger partial charge on any atom is -0.497 e. The molecule has 46 heavy (non-hydrogen) atoms. The molecule has 0 radical (unpaired) electrons. The summed E-state index contributed by atoms with van der Waals surface area (Å²) in [6.07, 6.45) is 8.28. The molecule has 0 N–H and O–H groups in total. The van der Waals surface area contributed by atoms with Crippen molar-refractivity contribution >= 4 is 39.1 Å². The van der Waals surface area contributed by atoms with E-state index in [4.69, 9.17) is 14.2 Å². The molecule has 0 saturated heterocycles. The number of para-hydroxylation sites is 1. The van der Waals surface area contributed by atoms with E-state index in [2.05, 4.69) is 18.7 Å². The van der Waals surface area contributed by atoms with E-state index in [1.54, 1.807) is 24.4 Å². The van der Waals surface area contributed by atoms with Crippen molar-refractivity contribution in [1.82, 2.24) is 4.31 Å². The second-order valence-electron chi connectivity index (χ2n) is 11.6. The first-order valence-corrected chi connectivity index (χ1v) is 18.4. The molecule has 1 heterocycles. The van der Waals surface area contributed by atoms with E-state index in [-0.39, 0.29) is 11.4 Å². The van der Waals surface area contributed by atoms with Crippen LogP contribution in [0.15, 0.2) is 88.4 Å². The molecule has 1 aliphatic rings. The Balaban J connectivity index is 2.02. The minimum absolute atomic E-state index is 0.165. The number of nitrogens with zero attached hydrogens (tertiary/aromatic N) is 2. The normalized spacial score (nSPS) is 16.0. The molecule has 8 nitrogen and oxygen atoms in total. The molecule has 0 bridgehead atoms. The Labute approximate surface area is 278 Å². The second-order valence-corrected chi connectivity index (χ2v) is 14.2. The summed E-state index contributed by atoms with van der Waals surface area (Å²) in [7, 11) is -1.18. The molecular formula is C36H46N2O6S2. The van der Waals surface area contributed by atoms with Gasteiger partial charge in [-0.3, -0.25) is 0 Å². The number of unbranched alkanes of at least 4 members (excludes halogenated alkanes) is 2. The topological polar surface area (TPSA) is 85.4 Å². The van der Waals surface area contributed by atoms with E-state index < -0.39 is 21.5 Å². The molecule has 4 rings (SSSR count). The van der Waals surface area contributed by atoms with Crippen molar-refractivity contribution in [2.45, 2.75) is 81.2 Å². The van der Waals surface area contributed by atoms with Crippen LogP contribution in [0.25, 0.3) is 0 Å². The summed E-state index contributed by atoms with van der Waals surface area (Å²) in [5, 5.41) is 0. The molecule has 0 saturated carbocycles. The average Bonchev–Trinajstić information content (AvgIpc) is 3.14. The predicted molar refractivity (Wildman–Crippen MR) is 186 cm³/mol. The van der Waals surface area contributed by atoms with Crippen LogP contribution in [-0.2, 0) is 26.1 Å². The van der Waals surface area contributed by atoms with Crippen molar-refractivity contribution in [2.75, 3.05) is 31.9 Å². The number of carbonyl (C=O) groups excluding carboxylic acids is 1. The third-order valence-electron chi connectivity index (χ3n) is 8.42. The van der Waals surface area contributed by atoms with Gasteiger partial charge in [0, 0.05) is 24.8 Å². The van der Waals surface area contributed by atoms with Crippen LogP contribution in [0.2, 0.25) is 0 Å². The number of methoxy groups -OCH3 is 2. The highest BCUT2D eigenvalue weighted by molar-refractivity contribution is 7.98. The highest BCUT2D eigenvalue weighted by atomic mass is 32.2. The van der Waals surface area contributed by atoms with Gasteiger partial charge in [0.05, 0.1) is 36.4 Å². The summed E-state index contributed by atoms with van der Waals surface area (Å²) in [4.78, 5) is 15.0. The van der Waals surface area contributed by atoms with E-state index in [0.29, 0.717) is 29.5 Å². The lowest BCUT2D eigenvalue weighted by Crippen LogP contribution is -2.55. The van der Waals surface area contributed by atoms with Crippen LogP contribution >= 0.6 is 11.8 Å². The number of hydrogen-bond acceptors (Lipinski definition) is 8. The molecular weight excluding hydrogens is 621 g/mol.